The molecule has 3 heteroatoms. The molecule has 1 heterocycles. The third kappa shape index (κ3) is 2.67. The van der Waals surface area contributed by atoms with E-state index in [2.05, 4.69) is 18.3 Å². The average molecular weight is 222 g/mol. The lowest BCUT2D eigenvalue weighted by Gasteiger charge is -2.11. The smallest absolute Gasteiger partial charge is 0.0354 e. The maximum Gasteiger partial charge on any atom is 0.0354 e. The molecule has 1 aliphatic heterocycles. The highest BCUT2D eigenvalue weighted by molar-refractivity contribution is 7.99. The Morgan fingerprint density at radius 1 is 1.53 bits per heavy atom. The number of benzene rings is 1. The van der Waals surface area contributed by atoms with E-state index in [1.807, 2.05) is 23.9 Å². The van der Waals surface area contributed by atoms with Crippen molar-refractivity contribution in [1.82, 2.24) is 5.32 Å². The molecule has 15 heavy (non-hydrogen) atoms. The van der Waals surface area contributed by atoms with Crippen LogP contribution in [0.3, 0.4) is 0 Å². The van der Waals surface area contributed by atoms with E-state index >= 15 is 0 Å². The molecule has 82 valence electrons. The Morgan fingerprint density at radius 2 is 2.40 bits per heavy atom. The Hall–Kier alpha value is -0.670. The van der Waals surface area contributed by atoms with Crippen LogP contribution in [-0.2, 0) is 0 Å². The molecule has 0 saturated carbocycles. The number of rotatable bonds is 3. The van der Waals surface area contributed by atoms with E-state index in [0.29, 0.717) is 6.04 Å². The summed E-state index contributed by atoms with van der Waals surface area (Å²) in [6.07, 6.45) is 2.63. The monoisotopic (exact) mass is 222 g/mol. The first kappa shape index (κ1) is 10.8. The van der Waals surface area contributed by atoms with E-state index in [9.17, 15) is 0 Å². The van der Waals surface area contributed by atoms with E-state index in [1.54, 1.807) is 0 Å². The zero-order valence-corrected chi connectivity index (χ0v) is 9.94. The molecule has 1 atom stereocenters. The quantitative estimate of drug-likeness (QED) is 0.609. The second-order valence-electron chi connectivity index (χ2n) is 4.07. The molecule has 3 N–H and O–H groups in total. The van der Waals surface area contributed by atoms with Crippen molar-refractivity contribution in [2.24, 2.45) is 0 Å². The number of nitrogens with two attached hydrogens (primary N) is 1. The minimum Gasteiger partial charge on any atom is -0.398 e. The van der Waals surface area contributed by atoms with Crippen LogP contribution in [0.2, 0.25) is 0 Å². The van der Waals surface area contributed by atoms with Gasteiger partial charge in [-0.2, -0.15) is 0 Å². The van der Waals surface area contributed by atoms with Gasteiger partial charge in [0.2, 0.25) is 0 Å². The minimum absolute atomic E-state index is 0.691. The number of nitrogen functional groups attached to an aromatic ring is 1. The molecule has 2 rings (SSSR count). The summed E-state index contributed by atoms with van der Waals surface area (Å²) in [4.78, 5) is 1.32. The Balaban J connectivity index is 1.95. The SMILES string of the molecule is Cc1c(N)cccc1SC[C@H]1CCCN1. The summed E-state index contributed by atoms with van der Waals surface area (Å²) in [6, 6.07) is 6.85. The maximum absolute atomic E-state index is 5.88. The van der Waals surface area contributed by atoms with Gasteiger partial charge in [0.05, 0.1) is 0 Å². The first-order valence-corrected chi connectivity index (χ1v) is 6.47. The van der Waals surface area contributed by atoms with Crippen molar-refractivity contribution in [1.29, 1.82) is 0 Å². The van der Waals surface area contributed by atoms with Crippen LogP contribution in [0.1, 0.15) is 18.4 Å². The fourth-order valence-electron chi connectivity index (χ4n) is 1.88. The topological polar surface area (TPSA) is 38.0 Å². The fraction of sp³-hybridized carbons (Fsp3) is 0.500. The van der Waals surface area contributed by atoms with E-state index < -0.39 is 0 Å². The van der Waals surface area contributed by atoms with E-state index in [0.717, 1.165) is 11.4 Å². The summed E-state index contributed by atoms with van der Waals surface area (Å²) >= 11 is 1.92. The Bertz CT molecular complexity index is 332. The van der Waals surface area contributed by atoms with Gasteiger partial charge in [-0.05, 0) is 44.0 Å². The number of hydrogen-bond donors (Lipinski definition) is 2. The van der Waals surface area contributed by atoms with Gasteiger partial charge in [-0.25, -0.2) is 0 Å². The summed E-state index contributed by atoms with van der Waals surface area (Å²) in [5, 5.41) is 3.51. The predicted octanol–water partition coefficient (Wildman–Crippen LogP) is 2.42. The molecule has 2 nitrogen and oxygen atoms in total. The van der Waals surface area contributed by atoms with Crippen LogP contribution in [0.4, 0.5) is 5.69 Å². The van der Waals surface area contributed by atoms with Gasteiger partial charge < -0.3 is 11.1 Å². The van der Waals surface area contributed by atoms with Crippen LogP contribution in [-0.4, -0.2) is 18.3 Å². The second-order valence-corrected chi connectivity index (χ2v) is 5.14. The summed E-state index contributed by atoms with van der Waals surface area (Å²) in [5.74, 6) is 1.16. The van der Waals surface area contributed by atoms with Crippen molar-refractivity contribution in [3.63, 3.8) is 0 Å². The summed E-state index contributed by atoms with van der Waals surface area (Å²) < 4.78 is 0. The lowest BCUT2D eigenvalue weighted by Crippen LogP contribution is -2.23. The first-order valence-electron chi connectivity index (χ1n) is 5.48. The highest BCUT2D eigenvalue weighted by Gasteiger charge is 2.14. The summed E-state index contributed by atoms with van der Waals surface area (Å²) in [6.45, 7) is 3.28. The molecule has 0 radical (unpaired) electrons. The van der Waals surface area contributed by atoms with Gasteiger partial charge in [0.25, 0.3) is 0 Å². The van der Waals surface area contributed by atoms with Crippen LogP contribution in [0, 0.1) is 6.92 Å². The van der Waals surface area contributed by atoms with Crippen molar-refractivity contribution < 1.29 is 0 Å². The molecule has 0 unspecified atom stereocenters. The average Bonchev–Trinajstić information content (AvgIpc) is 2.73. The third-order valence-electron chi connectivity index (χ3n) is 2.93. The third-order valence-corrected chi connectivity index (χ3v) is 4.25. The van der Waals surface area contributed by atoms with E-state index in [-0.39, 0.29) is 0 Å². The molecular weight excluding hydrogens is 204 g/mol. The first-order chi connectivity index (χ1) is 7.27. The number of hydrogen-bond acceptors (Lipinski definition) is 3. The summed E-state index contributed by atoms with van der Waals surface area (Å²) in [5.41, 5.74) is 8.00. The van der Waals surface area contributed by atoms with Crippen LogP contribution >= 0.6 is 11.8 Å². The van der Waals surface area contributed by atoms with Crippen LogP contribution in [0.15, 0.2) is 23.1 Å². The Labute approximate surface area is 95.6 Å². The van der Waals surface area contributed by atoms with E-state index in [4.69, 9.17) is 5.73 Å². The maximum atomic E-state index is 5.88. The van der Waals surface area contributed by atoms with Gasteiger partial charge in [-0.1, -0.05) is 6.07 Å². The van der Waals surface area contributed by atoms with Crippen molar-refractivity contribution in [2.45, 2.75) is 30.7 Å². The van der Waals surface area contributed by atoms with Gasteiger partial charge in [-0.3, -0.25) is 0 Å². The minimum atomic E-state index is 0.691. The molecule has 1 aromatic carbocycles. The number of thioether (sulfide) groups is 1. The van der Waals surface area contributed by atoms with Crippen LogP contribution in [0.5, 0.6) is 0 Å². The zero-order valence-electron chi connectivity index (χ0n) is 9.12. The van der Waals surface area contributed by atoms with Gasteiger partial charge in [0.15, 0.2) is 0 Å². The van der Waals surface area contributed by atoms with Gasteiger partial charge >= 0.3 is 0 Å². The second kappa shape index (κ2) is 4.90. The van der Waals surface area contributed by atoms with Gasteiger partial charge in [0.1, 0.15) is 0 Å². The molecule has 0 bridgehead atoms. The highest BCUT2D eigenvalue weighted by atomic mass is 32.2. The van der Waals surface area contributed by atoms with Gasteiger partial charge in [-0.15, -0.1) is 11.8 Å². The van der Waals surface area contributed by atoms with Crippen molar-refractivity contribution in [3.05, 3.63) is 23.8 Å². The largest absolute Gasteiger partial charge is 0.398 e. The molecule has 1 fully saturated rings. The standard InChI is InChI=1S/C12H18N2S/c1-9-11(13)5-2-6-12(9)15-8-10-4-3-7-14-10/h2,5-6,10,14H,3-4,7-8,13H2,1H3/t10-/m1/s1. The molecule has 0 aromatic heterocycles. The van der Waals surface area contributed by atoms with Gasteiger partial charge in [0, 0.05) is 22.4 Å². The predicted molar refractivity (Wildman–Crippen MR) is 67.3 cm³/mol. The summed E-state index contributed by atoms with van der Waals surface area (Å²) in [7, 11) is 0. The lowest BCUT2D eigenvalue weighted by molar-refractivity contribution is 0.674. The van der Waals surface area contributed by atoms with Crippen LogP contribution in [0.25, 0.3) is 0 Å². The lowest BCUT2D eigenvalue weighted by atomic mass is 10.2. The molecule has 0 amide bonds. The molecule has 0 aliphatic carbocycles. The van der Waals surface area contributed by atoms with Crippen LogP contribution < -0.4 is 11.1 Å². The molecule has 1 saturated heterocycles. The van der Waals surface area contributed by atoms with Crippen molar-refractivity contribution in [2.75, 3.05) is 18.0 Å². The highest BCUT2D eigenvalue weighted by Crippen LogP contribution is 2.27. The Kier molecular flexibility index (Phi) is 3.54. The molecular formula is C12H18N2S. The molecule has 1 aliphatic rings. The number of anilines is 1. The molecule has 1 aromatic rings. The van der Waals surface area contributed by atoms with Crippen molar-refractivity contribution in [3.8, 4) is 0 Å². The normalized spacial score (nSPS) is 20.7. The zero-order chi connectivity index (χ0) is 10.7. The number of nitrogens with one attached hydrogen (secondary N) is 1. The molecule has 0 spiro atoms. The Morgan fingerprint density at radius 3 is 3.13 bits per heavy atom. The van der Waals surface area contributed by atoms with E-state index in [1.165, 1.54) is 29.8 Å². The fourth-order valence-corrected chi connectivity index (χ4v) is 3.05. The van der Waals surface area contributed by atoms with Crippen molar-refractivity contribution >= 4 is 17.4 Å².